The highest BCUT2D eigenvalue weighted by Gasteiger charge is 2.49. The van der Waals surface area contributed by atoms with Crippen LogP contribution in [0.3, 0.4) is 0 Å². The number of hydrogen-bond donors (Lipinski definition) is 3. The Hall–Kier alpha value is -4.88. The number of nitrogens with zero attached hydrogens (tertiary/aromatic N) is 5. The number of alkyl carbamates (subject to hydrolysis) is 1. The lowest BCUT2D eigenvalue weighted by Gasteiger charge is -2.40. The number of methoxy groups -OCH3 is 2. The summed E-state index contributed by atoms with van der Waals surface area (Å²) in [4.78, 5) is 81.3. The van der Waals surface area contributed by atoms with Crippen LogP contribution in [0.4, 0.5) is 4.79 Å². The highest BCUT2D eigenvalue weighted by atomic mass is 16.5. The first-order chi connectivity index (χ1) is 32.4. The summed E-state index contributed by atoms with van der Waals surface area (Å²) >= 11 is 0. The molecule has 1 saturated heterocycles. The fourth-order valence-electron chi connectivity index (χ4n) is 10.2. The third kappa shape index (κ3) is 15.6. The topological polar surface area (TPSA) is 174 Å². The molecular weight excluding hydrogens is 865 g/mol. The summed E-state index contributed by atoms with van der Waals surface area (Å²) in [6.45, 7) is 11.4. The molecule has 1 heterocycles. The minimum absolute atomic E-state index is 0.000620. The fourth-order valence-corrected chi connectivity index (χ4v) is 10.2. The van der Waals surface area contributed by atoms with Crippen molar-refractivity contribution in [3.05, 3.63) is 35.9 Å². The van der Waals surface area contributed by atoms with Gasteiger partial charge in [-0.1, -0.05) is 71.4 Å². The molecule has 1 aromatic rings. The van der Waals surface area contributed by atoms with Gasteiger partial charge >= 0.3 is 6.09 Å². The zero-order valence-electron chi connectivity index (χ0n) is 43.2. The molecule has 0 spiro atoms. The molecule has 16 heteroatoms. The number of ether oxygens (including phenoxy) is 3. The molecule has 1 saturated carbocycles. The van der Waals surface area contributed by atoms with Crippen LogP contribution < -0.4 is 16.0 Å². The minimum Gasteiger partial charge on any atom is -0.449 e. The number of rotatable bonds is 24. The summed E-state index contributed by atoms with van der Waals surface area (Å²) in [5, 5.41) is 8.75. The second kappa shape index (κ2) is 27.3. The van der Waals surface area contributed by atoms with Crippen molar-refractivity contribution in [2.75, 3.05) is 75.7 Å². The summed E-state index contributed by atoms with van der Waals surface area (Å²) in [7, 11) is 12.5. The first kappa shape index (κ1) is 55.7. The molecule has 68 heavy (non-hydrogen) atoms. The molecule has 0 bridgehead atoms. The Kier molecular flexibility index (Phi) is 22.4. The summed E-state index contributed by atoms with van der Waals surface area (Å²) in [6.07, 6.45) is 5.10. The lowest BCUT2D eigenvalue weighted by Crippen LogP contribution is -2.55. The van der Waals surface area contributed by atoms with Gasteiger partial charge in [-0.15, -0.1) is 11.8 Å². The Balaban J connectivity index is 1.38. The first-order valence-corrected chi connectivity index (χ1v) is 25.0. The predicted octanol–water partition coefficient (Wildman–Crippen LogP) is 4.81. The number of benzene rings is 1. The minimum atomic E-state index is -0.886. The van der Waals surface area contributed by atoms with Gasteiger partial charge in [-0.25, -0.2) is 9.79 Å². The average molecular weight is 949 g/mol. The maximum Gasteiger partial charge on any atom is 0.407 e. The monoisotopic (exact) mass is 949 g/mol. The van der Waals surface area contributed by atoms with Crippen molar-refractivity contribution in [3.63, 3.8) is 0 Å². The van der Waals surface area contributed by atoms with Crippen molar-refractivity contribution in [1.29, 1.82) is 0 Å². The van der Waals surface area contributed by atoms with E-state index in [2.05, 4.69) is 41.6 Å². The molecule has 3 N–H and O–H groups in total. The van der Waals surface area contributed by atoms with Gasteiger partial charge in [0.05, 0.1) is 43.2 Å². The van der Waals surface area contributed by atoms with Gasteiger partial charge < -0.3 is 49.8 Å². The fraction of sp³-hybridized carbons (Fsp3) is 0.731. The van der Waals surface area contributed by atoms with E-state index in [1.165, 1.54) is 0 Å². The Morgan fingerprint density at radius 3 is 2.06 bits per heavy atom. The Bertz CT molecular complexity index is 1860. The number of likely N-dealkylation sites (tertiary alicyclic amines) is 1. The Morgan fingerprint density at radius 2 is 1.49 bits per heavy atom. The van der Waals surface area contributed by atoms with Gasteiger partial charge in [-0.3, -0.25) is 19.2 Å². The van der Waals surface area contributed by atoms with Gasteiger partial charge in [0.2, 0.25) is 23.6 Å². The predicted molar refractivity (Wildman–Crippen MR) is 265 cm³/mol. The number of amides is 5. The molecule has 1 aliphatic heterocycles. The molecule has 1 aromatic carbocycles. The van der Waals surface area contributed by atoms with E-state index in [0.717, 1.165) is 44.1 Å². The molecule has 0 radical (unpaired) electrons. The van der Waals surface area contributed by atoms with Crippen molar-refractivity contribution in [2.45, 2.75) is 135 Å². The lowest BCUT2D eigenvalue weighted by atomic mass is 9.89. The molecule has 16 nitrogen and oxygen atoms in total. The van der Waals surface area contributed by atoms with Gasteiger partial charge in [-0.05, 0) is 67.3 Å². The van der Waals surface area contributed by atoms with Crippen LogP contribution in [0.1, 0.15) is 98.0 Å². The van der Waals surface area contributed by atoms with Crippen LogP contribution in [0.2, 0.25) is 0 Å². The van der Waals surface area contributed by atoms with Crippen LogP contribution in [0.5, 0.6) is 0 Å². The van der Waals surface area contributed by atoms with Crippen LogP contribution in [-0.2, 0) is 39.8 Å². The molecular formula is C52H84N8O8. The van der Waals surface area contributed by atoms with E-state index in [4.69, 9.17) is 19.2 Å². The number of aliphatic imine (C=N–C) groups is 1. The highest BCUT2D eigenvalue weighted by molar-refractivity contribution is 5.89. The second-order valence-electron chi connectivity index (χ2n) is 19.8. The highest BCUT2D eigenvalue weighted by Crippen LogP contribution is 2.52. The quantitative estimate of drug-likeness (QED) is 0.0565. The van der Waals surface area contributed by atoms with Crippen molar-refractivity contribution in [3.8, 4) is 11.8 Å². The maximum absolute atomic E-state index is 14.4. The maximum atomic E-state index is 14.4. The van der Waals surface area contributed by atoms with Crippen LogP contribution in [-0.4, -0.2) is 167 Å². The smallest absolute Gasteiger partial charge is 0.407 e. The number of fused-ring (bicyclic) bond motifs is 1. The number of nitrogens with one attached hydrogen (secondary N) is 3. The number of carbonyl (C=O) groups is 5. The van der Waals surface area contributed by atoms with Crippen molar-refractivity contribution < 1.29 is 38.2 Å². The van der Waals surface area contributed by atoms with E-state index < -0.39 is 48.4 Å². The first-order valence-electron chi connectivity index (χ1n) is 25.0. The van der Waals surface area contributed by atoms with Crippen molar-refractivity contribution >= 4 is 35.7 Å². The van der Waals surface area contributed by atoms with E-state index in [9.17, 15) is 24.0 Å². The third-order valence-corrected chi connectivity index (χ3v) is 14.3. The second-order valence-corrected chi connectivity index (χ2v) is 19.8. The van der Waals surface area contributed by atoms with Gasteiger partial charge in [0.25, 0.3) is 0 Å². The van der Waals surface area contributed by atoms with Crippen molar-refractivity contribution in [1.82, 2.24) is 35.6 Å². The molecule has 0 aromatic heterocycles. The van der Waals surface area contributed by atoms with E-state index in [1.54, 1.807) is 38.0 Å². The Labute approximate surface area is 407 Å². The standard InChI is InChI=1S/C52H84N8O8/c1-13-35(4)46(59(10)50(64)45(34(2)3)56-51(57(6)7)58(8)9)43(66-11)32-44(61)60-30-21-27-42(60)47(67-12)36(5)48(62)55-41(31-37-23-17-16-18-24-37)49(63)53-28-22-29-54-52(65)68-33-40-38-25-19-14-15-20-26-39(38)40/h16-18,23-24,34-36,38-43,45-47H,13,19-22,25-33H2,1-12H3,(H,53,63)(H,54,65)(H,55,62)/t35-,36+,38-,39+,40?,41-,42-,43+,45-,46-,47+/m0/s1. The molecule has 5 amide bonds. The zero-order chi connectivity index (χ0) is 50.1. The van der Waals surface area contributed by atoms with E-state index >= 15 is 0 Å². The largest absolute Gasteiger partial charge is 0.449 e. The van der Waals surface area contributed by atoms with Crippen molar-refractivity contribution in [2.24, 2.45) is 40.5 Å². The summed E-state index contributed by atoms with van der Waals surface area (Å²) in [6, 6.07) is 7.14. The van der Waals surface area contributed by atoms with Crippen LogP contribution in [0.15, 0.2) is 35.3 Å². The van der Waals surface area contributed by atoms with E-state index in [1.807, 2.05) is 82.2 Å². The summed E-state index contributed by atoms with van der Waals surface area (Å²) < 4.78 is 17.7. The van der Waals surface area contributed by atoms with E-state index in [-0.39, 0.29) is 54.9 Å². The number of guanidine groups is 1. The molecule has 2 aliphatic carbocycles. The normalized spacial score (nSPS) is 21.6. The summed E-state index contributed by atoms with van der Waals surface area (Å²) in [5.41, 5.74) is 0.880. The molecule has 380 valence electrons. The van der Waals surface area contributed by atoms with Gasteiger partial charge in [-0.2, -0.15) is 0 Å². The third-order valence-electron chi connectivity index (χ3n) is 14.3. The zero-order valence-corrected chi connectivity index (χ0v) is 43.2. The molecule has 11 atom stereocenters. The van der Waals surface area contributed by atoms with Crippen LogP contribution in [0.25, 0.3) is 0 Å². The van der Waals surface area contributed by atoms with Gasteiger partial charge in [0.15, 0.2) is 5.96 Å². The number of hydrogen-bond acceptors (Lipinski definition) is 9. The number of carbonyl (C=O) groups excluding carboxylic acids is 5. The summed E-state index contributed by atoms with van der Waals surface area (Å²) in [5.74, 6) is 6.88. The molecule has 3 aliphatic rings. The lowest BCUT2D eigenvalue weighted by molar-refractivity contribution is -0.146. The molecule has 1 unspecified atom stereocenters. The Morgan fingerprint density at radius 1 is 0.853 bits per heavy atom. The average Bonchev–Trinajstić information content (AvgIpc) is 3.68. The van der Waals surface area contributed by atoms with Gasteiger partial charge in [0, 0.05) is 88.4 Å². The molecule has 4 rings (SSSR count). The van der Waals surface area contributed by atoms with Gasteiger partial charge in [0.1, 0.15) is 12.1 Å². The van der Waals surface area contributed by atoms with Crippen LogP contribution in [0, 0.1) is 47.3 Å². The molecule has 2 fully saturated rings. The number of likely N-dealkylation sites (N-methyl/N-ethyl adjacent to an activating group) is 1. The SMILES string of the molecule is CC[C@H](C)[C@@H]([C@@H](CC(=O)N1CCC[C@H]1[C@H](OC)[C@@H](C)C(=O)N[C@@H](Cc1ccccc1)C(=O)NCCCNC(=O)OCC1[C@H]2CCC#CCC[C@@H]12)OC)N(C)C(=O)[C@@H](N=C(N(C)C)N(C)C)C(C)C. The van der Waals surface area contributed by atoms with E-state index in [0.29, 0.717) is 56.3 Å². The van der Waals surface area contributed by atoms with Crippen LogP contribution >= 0.6 is 0 Å².